The van der Waals surface area contributed by atoms with Crippen molar-refractivity contribution in [3.05, 3.63) is 35.9 Å². The second-order valence-electron chi connectivity index (χ2n) is 6.94. The van der Waals surface area contributed by atoms with Gasteiger partial charge in [-0.15, -0.1) is 0 Å². The number of rotatable bonds is 8. The van der Waals surface area contributed by atoms with Gasteiger partial charge in [-0.2, -0.15) is 0 Å². The summed E-state index contributed by atoms with van der Waals surface area (Å²) in [5, 5.41) is 6.06. The summed E-state index contributed by atoms with van der Waals surface area (Å²) in [6, 6.07) is 10.4. The van der Waals surface area contributed by atoms with Crippen molar-refractivity contribution >= 4 is 6.03 Å². The molecule has 2 atom stereocenters. The van der Waals surface area contributed by atoms with Gasteiger partial charge in [-0.3, -0.25) is 0 Å². The smallest absolute Gasteiger partial charge is 0.314 e. The second kappa shape index (κ2) is 9.64. The Hall–Kier alpha value is -1.59. The first kappa shape index (κ1) is 18.7. The van der Waals surface area contributed by atoms with E-state index in [1.165, 1.54) is 31.5 Å². The van der Waals surface area contributed by atoms with Gasteiger partial charge < -0.3 is 20.4 Å². The van der Waals surface area contributed by atoms with Gasteiger partial charge in [0.15, 0.2) is 0 Å². The van der Waals surface area contributed by atoms with Gasteiger partial charge in [0.25, 0.3) is 0 Å². The van der Waals surface area contributed by atoms with Gasteiger partial charge in [0.1, 0.15) is 0 Å². The Labute approximate surface area is 146 Å². The third-order valence-corrected chi connectivity index (χ3v) is 4.72. The summed E-state index contributed by atoms with van der Waals surface area (Å²) in [5.41, 5.74) is 1.22. The number of hydrogen-bond donors (Lipinski definition) is 2. The fourth-order valence-corrected chi connectivity index (χ4v) is 3.36. The normalized spacial score (nSPS) is 19.4. The van der Waals surface area contributed by atoms with Crippen molar-refractivity contribution in [1.82, 2.24) is 20.4 Å². The summed E-state index contributed by atoms with van der Waals surface area (Å²) in [6.45, 7) is 7.04. The molecule has 1 fully saturated rings. The van der Waals surface area contributed by atoms with E-state index in [-0.39, 0.29) is 12.1 Å². The molecule has 1 heterocycles. The Morgan fingerprint density at radius 1 is 1.29 bits per heavy atom. The van der Waals surface area contributed by atoms with Crippen LogP contribution in [-0.4, -0.2) is 62.7 Å². The predicted molar refractivity (Wildman–Crippen MR) is 99.1 cm³/mol. The summed E-state index contributed by atoms with van der Waals surface area (Å²) >= 11 is 0. The number of carbonyl (C=O) groups excluding carboxylic acids is 1. The van der Waals surface area contributed by atoms with Crippen LogP contribution in [0.5, 0.6) is 0 Å². The number of likely N-dealkylation sites (tertiary alicyclic amines) is 1. The van der Waals surface area contributed by atoms with Crippen LogP contribution >= 0.6 is 0 Å². The highest BCUT2D eigenvalue weighted by molar-refractivity contribution is 5.73. The molecule has 1 aliphatic rings. The van der Waals surface area contributed by atoms with Gasteiger partial charge in [0, 0.05) is 19.6 Å². The largest absolute Gasteiger partial charge is 0.338 e. The van der Waals surface area contributed by atoms with E-state index < -0.39 is 0 Å². The first-order chi connectivity index (χ1) is 11.6. The van der Waals surface area contributed by atoms with Gasteiger partial charge >= 0.3 is 6.03 Å². The maximum atomic E-state index is 12.1. The number of likely N-dealkylation sites (N-methyl/N-ethyl adjacent to an activating group) is 1. The van der Waals surface area contributed by atoms with E-state index in [1.807, 2.05) is 32.3 Å². The van der Waals surface area contributed by atoms with E-state index in [9.17, 15) is 4.79 Å². The van der Waals surface area contributed by atoms with Crippen LogP contribution in [0.4, 0.5) is 4.79 Å². The minimum atomic E-state index is -0.0632. The highest BCUT2D eigenvalue weighted by Gasteiger charge is 2.22. The van der Waals surface area contributed by atoms with Gasteiger partial charge in [0.2, 0.25) is 0 Å². The highest BCUT2D eigenvalue weighted by Crippen LogP contribution is 2.17. The molecule has 2 amide bonds. The molecule has 1 aromatic rings. The zero-order chi connectivity index (χ0) is 17.4. The number of nitrogens with zero attached hydrogens (tertiary/aromatic N) is 2. The van der Waals surface area contributed by atoms with E-state index in [0.717, 1.165) is 13.1 Å². The summed E-state index contributed by atoms with van der Waals surface area (Å²) in [7, 11) is 4.08. The van der Waals surface area contributed by atoms with Crippen molar-refractivity contribution in [2.45, 2.75) is 25.8 Å². The van der Waals surface area contributed by atoms with Gasteiger partial charge in [0.05, 0.1) is 6.04 Å². The Morgan fingerprint density at radius 3 is 2.71 bits per heavy atom. The molecule has 2 N–H and O–H groups in total. The molecule has 5 nitrogen and oxygen atoms in total. The molecule has 24 heavy (non-hydrogen) atoms. The van der Waals surface area contributed by atoms with Crippen molar-refractivity contribution in [2.75, 3.05) is 46.8 Å². The molecule has 0 aliphatic carbocycles. The monoisotopic (exact) mass is 332 g/mol. The average molecular weight is 332 g/mol. The van der Waals surface area contributed by atoms with E-state index in [1.54, 1.807) is 0 Å². The Kier molecular flexibility index (Phi) is 7.53. The molecular formula is C19H32N4O. The van der Waals surface area contributed by atoms with Crippen LogP contribution in [0.1, 0.15) is 31.4 Å². The molecule has 0 spiro atoms. The molecule has 1 aromatic carbocycles. The molecule has 2 rings (SSSR count). The summed E-state index contributed by atoms with van der Waals surface area (Å²) in [4.78, 5) is 16.7. The molecule has 2 unspecified atom stereocenters. The standard InChI is InChI=1S/C19H32N4O/c1-4-11-23-12-10-16(15-23)13-20-19(24)21-14-18(22(2)3)17-8-6-5-7-9-17/h5-9,16,18H,4,10-15H2,1-3H3,(H2,20,21,24). The number of benzene rings is 1. The van der Waals surface area contributed by atoms with E-state index in [0.29, 0.717) is 12.5 Å². The molecule has 0 radical (unpaired) electrons. The topological polar surface area (TPSA) is 47.6 Å². The van der Waals surface area contributed by atoms with Gasteiger partial charge in [-0.1, -0.05) is 37.3 Å². The lowest BCUT2D eigenvalue weighted by Gasteiger charge is -2.25. The second-order valence-corrected chi connectivity index (χ2v) is 6.94. The molecule has 0 bridgehead atoms. The van der Waals surface area contributed by atoms with Gasteiger partial charge in [-0.25, -0.2) is 4.79 Å². The number of amides is 2. The van der Waals surface area contributed by atoms with Crippen LogP contribution in [-0.2, 0) is 0 Å². The summed E-state index contributed by atoms with van der Waals surface area (Å²) < 4.78 is 0. The molecular weight excluding hydrogens is 300 g/mol. The zero-order valence-electron chi connectivity index (χ0n) is 15.3. The Morgan fingerprint density at radius 2 is 2.04 bits per heavy atom. The fraction of sp³-hybridized carbons (Fsp3) is 0.632. The quantitative estimate of drug-likeness (QED) is 0.768. The average Bonchev–Trinajstić information content (AvgIpc) is 3.02. The molecule has 1 aliphatic heterocycles. The minimum absolute atomic E-state index is 0.0632. The highest BCUT2D eigenvalue weighted by atomic mass is 16.2. The molecule has 134 valence electrons. The van der Waals surface area contributed by atoms with Crippen LogP contribution in [0.25, 0.3) is 0 Å². The molecule has 1 saturated heterocycles. The van der Waals surface area contributed by atoms with Crippen LogP contribution in [0, 0.1) is 5.92 Å². The SMILES string of the molecule is CCCN1CCC(CNC(=O)NCC(c2ccccc2)N(C)C)C1. The van der Waals surface area contributed by atoms with Crippen LogP contribution in [0.15, 0.2) is 30.3 Å². The van der Waals surface area contributed by atoms with Crippen molar-refractivity contribution in [3.8, 4) is 0 Å². The number of nitrogens with one attached hydrogen (secondary N) is 2. The third kappa shape index (κ3) is 5.80. The minimum Gasteiger partial charge on any atom is -0.338 e. The van der Waals surface area contributed by atoms with Crippen LogP contribution < -0.4 is 10.6 Å². The fourth-order valence-electron chi connectivity index (χ4n) is 3.36. The van der Waals surface area contributed by atoms with Crippen molar-refractivity contribution in [3.63, 3.8) is 0 Å². The maximum Gasteiger partial charge on any atom is 0.314 e. The third-order valence-electron chi connectivity index (χ3n) is 4.72. The van der Waals surface area contributed by atoms with Crippen molar-refractivity contribution < 1.29 is 4.79 Å². The van der Waals surface area contributed by atoms with Crippen LogP contribution in [0.3, 0.4) is 0 Å². The van der Waals surface area contributed by atoms with Crippen LogP contribution in [0.2, 0.25) is 0 Å². The predicted octanol–water partition coefficient (Wildman–Crippen LogP) is 2.32. The van der Waals surface area contributed by atoms with E-state index in [2.05, 4.69) is 39.5 Å². The van der Waals surface area contributed by atoms with E-state index in [4.69, 9.17) is 0 Å². The Bertz CT molecular complexity index is 491. The lowest BCUT2D eigenvalue weighted by Crippen LogP contribution is -2.42. The van der Waals surface area contributed by atoms with Crippen molar-refractivity contribution in [1.29, 1.82) is 0 Å². The number of urea groups is 1. The number of hydrogen-bond acceptors (Lipinski definition) is 3. The summed E-state index contributed by atoms with van der Waals surface area (Å²) in [6.07, 6.45) is 2.39. The molecule has 5 heteroatoms. The first-order valence-corrected chi connectivity index (χ1v) is 9.05. The molecule has 0 aromatic heterocycles. The summed E-state index contributed by atoms with van der Waals surface area (Å²) in [5.74, 6) is 0.584. The first-order valence-electron chi connectivity index (χ1n) is 9.05. The maximum absolute atomic E-state index is 12.1. The molecule has 0 saturated carbocycles. The van der Waals surface area contributed by atoms with Crippen molar-refractivity contribution in [2.24, 2.45) is 5.92 Å². The Balaban J connectivity index is 1.72. The number of carbonyl (C=O) groups is 1. The lowest BCUT2D eigenvalue weighted by molar-refractivity contribution is 0.230. The zero-order valence-corrected chi connectivity index (χ0v) is 15.3. The van der Waals surface area contributed by atoms with E-state index >= 15 is 0 Å². The lowest BCUT2D eigenvalue weighted by atomic mass is 10.1. The van der Waals surface area contributed by atoms with Gasteiger partial charge in [-0.05, 0) is 51.5 Å².